The van der Waals surface area contributed by atoms with E-state index in [-0.39, 0.29) is 5.75 Å². The van der Waals surface area contributed by atoms with E-state index in [1.54, 1.807) is 0 Å². The number of phenolic OH excluding ortho intramolecular Hbond substituents is 1. The number of aromatic hydroxyl groups is 1. The number of rotatable bonds is 5. The van der Waals surface area contributed by atoms with Gasteiger partial charge in [-0.1, -0.05) is 0 Å². The van der Waals surface area contributed by atoms with Crippen LogP contribution in [-0.4, -0.2) is 24.2 Å². The van der Waals surface area contributed by atoms with E-state index >= 15 is 0 Å². The predicted molar refractivity (Wildman–Crippen MR) is 72.8 cm³/mol. The van der Waals surface area contributed by atoms with E-state index < -0.39 is 6.03 Å². The quantitative estimate of drug-likeness (QED) is 0.598. The first-order valence-corrected chi connectivity index (χ1v) is 6.50. The fraction of sp³-hybridized carbons (Fsp3) is 0.300. The first-order chi connectivity index (χ1) is 8.00. The maximum absolute atomic E-state index is 10.4. The van der Waals surface area contributed by atoms with Crippen LogP contribution in [0.1, 0.15) is 5.56 Å². The molecule has 0 spiro atoms. The molecule has 1 aromatic carbocycles. The number of nitrogens with two attached hydrogens (primary N) is 1. The number of benzene rings is 1. The molecule has 2 amide bonds. The second kappa shape index (κ2) is 6.83. The van der Waals surface area contributed by atoms with Gasteiger partial charge in [0.2, 0.25) is 0 Å². The van der Waals surface area contributed by atoms with Crippen LogP contribution >= 0.6 is 31.9 Å². The molecule has 0 saturated heterocycles. The normalized spacial score (nSPS) is 10.2. The molecule has 7 heteroatoms. The monoisotopic (exact) mass is 365 g/mol. The summed E-state index contributed by atoms with van der Waals surface area (Å²) >= 11 is 6.51. The van der Waals surface area contributed by atoms with Crippen LogP contribution in [0.4, 0.5) is 4.79 Å². The Morgan fingerprint density at radius 3 is 2.41 bits per heavy atom. The molecular formula is C10H13Br2N3O2. The highest BCUT2D eigenvalue weighted by Crippen LogP contribution is 2.33. The number of urea groups is 1. The summed E-state index contributed by atoms with van der Waals surface area (Å²) in [4.78, 5) is 10.4. The lowest BCUT2D eigenvalue weighted by molar-refractivity contribution is 0.249. The maximum Gasteiger partial charge on any atom is 0.312 e. The van der Waals surface area contributed by atoms with Crippen LogP contribution in [0.15, 0.2) is 21.1 Å². The van der Waals surface area contributed by atoms with Gasteiger partial charge >= 0.3 is 6.03 Å². The molecule has 1 rings (SSSR count). The molecule has 1 aromatic rings. The van der Waals surface area contributed by atoms with E-state index in [0.717, 1.165) is 5.56 Å². The van der Waals surface area contributed by atoms with Crippen LogP contribution < -0.4 is 16.4 Å². The summed E-state index contributed by atoms with van der Waals surface area (Å²) in [7, 11) is 0. The van der Waals surface area contributed by atoms with Crippen LogP contribution in [0.2, 0.25) is 0 Å². The Balaban J connectivity index is 2.39. The zero-order valence-electron chi connectivity index (χ0n) is 8.96. The summed E-state index contributed by atoms with van der Waals surface area (Å²) in [5, 5.41) is 15.1. The Bertz CT molecular complexity index is 390. The molecule has 0 aliphatic rings. The summed E-state index contributed by atoms with van der Waals surface area (Å²) in [5.41, 5.74) is 5.94. The van der Waals surface area contributed by atoms with Gasteiger partial charge in [-0.2, -0.15) is 0 Å². The third kappa shape index (κ3) is 4.93. The average Bonchev–Trinajstić information content (AvgIpc) is 2.25. The smallest absolute Gasteiger partial charge is 0.312 e. The van der Waals surface area contributed by atoms with Crippen molar-refractivity contribution in [3.05, 3.63) is 26.6 Å². The summed E-state index contributed by atoms with van der Waals surface area (Å²) < 4.78 is 1.28. The molecule has 0 aromatic heterocycles. The Hall–Kier alpha value is -0.790. The number of amides is 2. The zero-order chi connectivity index (χ0) is 12.8. The first kappa shape index (κ1) is 14.3. The van der Waals surface area contributed by atoms with Crippen LogP contribution in [0.5, 0.6) is 5.75 Å². The molecule has 0 heterocycles. The lowest BCUT2D eigenvalue weighted by atomic mass is 10.2. The molecule has 0 saturated carbocycles. The highest BCUT2D eigenvalue weighted by molar-refractivity contribution is 9.11. The summed E-state index contributed by atoms with van der Waals surface area (Å²) in [5.74, 6) is 0.184. The molecule has 0 aliphatic carbocycles. The third-order valence-electron chi connectivity index (χ3n) is 2.01. The van der Waals surface area contributed by atoms with Crippen LogP contribution in [-0.2, 0) is 6.54 Å². The molecular weight excluding hydrogens is 354 g/mol. The van der Waals surface area contributed by atoms with E-state index in [0.29, 0.717) is 28.6 Å². The molecule has 5 nitrogen and oxygen atoms in total. The second-order valence-corrected chi connectivity index (χ2v) is 5.08. The third-order valence-corrected chi connectivity index (χ3v) is 3.22. The minimum Gasteiger partial charge on any atom is -0.506 e. The van der Waals surface area contributed by atoms with E-state index in [9.17, 15) is 9.90 Å². The van der Waals surface area contributed by atoms with Crippen LogP contribution in [0.3, 0.4) is 0 Å². The number of carbonyl (C=O) groups is 1. The molecule has 0 unspecified atom stereocenters. The minimum absolute atomic E-state index is 0.184. The van der Waals surface area contributed by atoms with Gasteiger partial charge in [-0.15, -0.1) is 0 Å². The van der Waals surface area contributed by atoms with Crippen molar-refractivity contribution in [3.63, 3.8) is 0 Å². The SMILES string of the molecule is NC(=O)NCCNCc1cc(Br)c(O)c(Br)c1. The second-order valence-electron chi connectivity index (χ2n) is 3.38. The molecule has 0 aliphatic heterocycles. The van der Waals surface area contributed by atoms with Gasteiger partial charge in [0.05, 0.1) is 8.95 Å². The number of primary amides is 1. The Kier molecular flexibility index (Phi) is 5.73. The molecule has 0 atom stereocenters. The summed E-state index contributed by atoms with van der Waals surface area (Å²) in [6.45, 7) is 1.74. The molecule has 94 valence electrons. The van der Waals surface area contributed by atoms with Gasteiger partial charge < -0.3 is 21.5 Å². The van der Waals surface area contributed by atoms with Gasteiger partial charge in [-0.3, -0.25) is 0 Å². The highest BCUT2D eigenvalue weighted by atomic mass is 79.9. The fourth-order valence-electron chi connectivity index (χ4n) is 1.23. The topological polar surface area (TPSA) is 87.4 Å². The van der Waals surface area contributed by atoms with Gasteiger partial charge in [-0.05, 0) is 49.6 Å². The first-order valence-electron chi connectivity index (χ1n) is 4.91. The summed E-state index contributed by atoms with van der Waals surface area (Å²) in [6.07, 6.45) is 0. The van der Waals surface area contributed by atoms with Crippen molar-refractivity contribution >= 4 is 37.9 Å². The lowest BCUT2D eigenvalue weighted by Crippen LogP contribution is -2.35. The standard InChI is InChI=1S/C10H13Br2N3O2/c11-7-3-6(4-8(12)9(7)16)5-14-1-2-15-10(13)17/h3-4,14,16H,1-2,5H2,(H3,13,15,17). The van der Waals surface area contributed by atoms with Crippen molar-refractivity contribution in [2.75, 3.05) is 13.1 Å². The number of hydrogen-bond acceptors (Lipinski definition) is 3. The van der Waals surface area contributed by atoms with Crippen molar-refractivity contribution < 1.29 is 9.90 Å². The largest absolute Gasteiger partial charge is 0.506 e. The van der Waals surface area contributed by atoms with Crippen molar-refractivity contribution in [1.29, 1.82) is 0 Å². The Morgan fingerprint density at radius 2 is 1.88 bits per heavy atom. The summed E-state index contributed by atoms with van der Waals surface area (Å²) in [6, 6.07) is 3.13. The predicted octanol–water partition coefficient (Wildman–Crippen LogP) is 1.68. The molecule has 0 bridgehead atoms. The van der Waals surface area contributed by atoms with Crippen molar-refractivity contribution in [3.8, 4) is 5.75 Å². The maximum atomic E-state index is 10.4. The van der Waals surface area contributed by atoms with E-state index in [1.165, 1.54) is 0 Å². The van der Waals surface area contributed by atoms with Gasteiger partial charge in [0.1, 0.15) is 5.75 Å². The Morgan fingerprint density at radius 1 is 1.29 bits per heavy atom. The number of phenols is 1. The van der Waals surface area contributed by atoms with Gasteiger partial charge in [0.25, 0.3) is 0 Å². The minimum atomic E-state index is -0.526. The molecule has 0 radical (unpaired) electrons. The van der Waals surface area contributed by atoms with Crippen molar-refractivity contribution in [1.82, 2.24) is 10.6 Å². The average molecular weight is 367 g/mol. The fourth-order valence-corrected chi connectivity index (χ4v) is 2.51. The van der Waals surface area contributed by atoms with E-state index in [4.69, 9.17) is 5.73 Å². The van der Waals surface area contributed by atoms with Crippen LogP contribution in [0.25, 0.3) is 0 Å². The van der Waals surface area contributed by atoms with Crippen molar-refractivity contribution in [2.45, 2.75) is 6.54 Å². The number of nitrogens with one attached hydrogen (secondary N) is 2. The van der Waals surface area contributed by atoms with Gasteiger partial charge in [0, 0.05) is 19.6 Å². The Labute approximate surface area is 116 Å². The lowest BCUT2D eigenvalue weighted by Gasteiger charge is -2.08. The van der Waals surface area contributed by atoms with Gasteiger partial charge in [0.15, 0.2) is 0 Å². The van der Waals surface area contributed by atoms with E-state index in [2.05, 4.69) is 42.5 Å². The van der Waals surface area contributed by atoms with Crippen molar-refractivity contribution in [2.24, 2.45) is 5.73 Å². The molecule has 5 N–H and O–H groups in total. The number of hydrogen-bond donors (Lipinski definition) is 4. The highest BCUT2D eigenvalue weighted by Gasteiger charge is 2.05. The van der Waals surface area contributed by atoms with Gasteiger partial charge in [-0.25, -0.2) is 4.79 Å². The zero-order valence-corrected chi connectivity index (χ0v) is 12.1. The van der Waals surface area contributed by atoms with E-state index in [1.807, 2.05) is 12.1 Å². The number of carbonyl (C=O) groups excluding carboxylic acids is 1. The molecule has 17 heavy (non-hydrogen) atoms. The number of halogens is 2. The van der Waals surface area contributed by atoms with Crippen LogP contribution in [0, 0.1) is 0 Å². The molecule has 0 fully saturated rings.